The van der Waals surface area contributed by atoms with Crippen molar-refractivity contribution < 1.29 is 4.79 Å². The van der Waals surface area contributed by atoms with Crippen LogP contribution in [0.2, 0.25) is 0 Å². The van der Waals surface area contributed by atoms with Crippen LogP contribution in [0, 0.1) is 6.92 Å². The first kappa shape index (κ1) is 16.7. The Morgan fingerprint density at radius 3 is 2.75 bits per heavy atom. The largest absolute Gasteiger partial charge is 0.337 e. The van der Waals surface area contributed by atoms with E-state index in [1.54, 1.807) is 0 Å². The van der Waals surface area contributed by atoms with E-state index in [1.807, 2.05) is 22.8 Å². The molecule has 4 heteroatoms. The first-order valence-corrected chi connectivity index (χ1v) is 8.96. The molecular weight excluding hydrogens is 298 g/mol. The molecule has 2 heterocycles. The molecule has 0 radical (unpaired) electrons. The summed E-state index contributed by atoms with van der Waals surface area (Å²) in [5.74, 6) is 0.503. The second-order valence-corrected chi connectivity index (χ2v) is 6.79. The van der Waals surface area contributed by atoms with Gasteiger partial charge in [-0.15, -0.1) is 0 Å². The fourth-order valence-electron chi connectivity index (χ4n) is 3.61. The summed E-state index contributed by atoms with van der Waals surface area (Å²) in [6, 6.07) is 8.51. The van der Waals surface area contributed by atoms with Crippen LogP contribution in [0.3, 0.4) is 0 Å². The Labute approximate surface area is 144 Å². The Morgan fingerprint density at radius 2 is 2.04 bits per heavy atom. The van der Waals surface area contributed by atoms with Crippen LogP contribution < -0.4 is 0 Å². The van der Waals surface area contributed by atoms with Crippen LogP contribution in [0.5, 0.6) is 0 Å². The van der Waals surface area contributed by atoms with Crippen molar-refractivity contribution >= 4 is 5.91 Å². The van der Waals surface area contributed by atoms with Gasteiger partial charge in [-0.3, -0.25) is 9.48 Å². The van der Waals surface area contributed by atoms with Gasteiger partial charge >= 0.3 is 0 Å². The average molecular weight is 325 g/mol. The Bertz CT molecular complexity index is 719. The summed E-state index contributed by atoms with van der Waals surface area (Å²) in [6.07, 6.45) is 5.88. The standard InChI is InChI=1S/C20H27N3O/c1-4-5-6-11-20(24)23-13-16-9-7-8-10-17(16)19(14-23)18-12-21-22(3)15(18)2/h7-10,12,19H,4-6,11,13-14H2,1-3H3. The highest BCUT2D eigenvalue weighted by atomic mass is 16.2. The average Bonchev–Trinajstić information content (AvgIpc) is 2.93. The lowest BCUT2D eigenvalue weighted by Crippen LogP contribution is -2.38. The van der Waals surface area contributed by atoms with Crippen molar-refractivity contribution in [3.63, 3.8) is 0 Å². The second kappa shape index (κ2) is 7.20. The number of aryl methyl sites for hydroxylation is 1. The predicted molar refractivity (Wildman–Crippen MR) is 95.8 cm³/mol. The number of fused-ring (bicyclic) bond motifs is 1. The minimum atomic E-state index is 0.221. The van der Waals surface area contributed by atoms with Gasteiger partial charge in [0.15, 0.2) is 0 Å². The number of rotatable bonds is 5. The van der Waals surface area contributed by atoms with Gasteiger partial charge in [0.1, 0.15) is 0 Å². The Kier molecular flexibility index (Phi) is 5.03. The molecule has 0 spiro atoms. The molecule has 1 aliphatic rings. The molecule has 1 aliphatic heterocycles. The monoisotopic (exact) mass is 325 g/mol. The van der Waals surface area contributed by atoms with Crippen molar-refractivity contribution in [3.05, 3.63) is 52.8 Å². The number of benzene rings is 1. The summed E-state index contributed by atoms with van der Waals surface area (Å²) in [7, 11) is 1.97. The smallest absolute Gasteiger partial charge is 0.222 e. The van der Waals surface area contributed by atoms with Crippen molar-refractivity contribution in [3.8, 4) is 0 Å². The van der Waals surface area contributed by atoms with Gasteiger partial charge in [-0.05, 0) is 24.5 Å². The summed E-state index contributed by atoms with van der Waals surface area (Å²) in [4.78, 5) is 14.7. The van der Waals surface area contributed by atoms with Gasteiger partial charge in [0.05, 0.1) is 6.20 Å². The highest BCUT2D eigenvalue weighted by Crippen LogP contribution is 2.35. The van der Waals surface area contributed by atoms with Gasteiger partial charge in [0, 0.05) is 43.7 Å². The predicted octanol–water partition coefficient (Wildman–Crippen LogP) is 3.78. The maximum Gasteiger partial charge on any atom is 0.222 e. The number of hydrogen-bond donors (Lipinski definition) is 0. The fraction of sp³-hybridized carbons (Fsp3) is 0.500. The lowest BCUT2D eigenvalue weighted by atomic mass is 9.84. The molecule has 128 valence electrons. The van der Waals surface area contributed by atoms with Crippen LogP contribution in [0.1, 0.15) is 60.9 Å². The quantitative estimate of drug-likeness (QED) is 0.785. The van der Waals surface area contributed by atoms with E-state index in [2.05, 4.69) is 43.2 Å². The van der Waals surface area contributed by atoms with E-state index < -0.39 is 0 Å². The maximum atomic E-state index is 12.7. The first-order valence-electron chi connectivity index (χ1n) is 8.96. The van der Waals surface area contributed by atoms with Gasteiger partial charge in [-0.25, -0.2) is 0 Å². The topological polar surface area (TPSA) is 38.1 Å². The minimum Gasteiger partial charge on any atom is -0.337 e. The highest BCUT2D eigenvalue weighted by molar-refractivity contribution is 5.76. The summed E-state index contributed by atoms with van der Waals surface area (Å²) in [5.41, 5.74) is 5.01. The van der Waals surface area contributed by atoms with E-state index in [9.17, 15) is 4.79 Å². The van der Waals surface area contributed by atoms with Crippen molar-refractivity contribution in [1.82, 2.24) is 14.7 Å². The number of hydrogen-bond acceptors (Lipinski definition) is 2. The molecule has 1 aromatic heterocycles. The molecule has 1 amide bonds. The van der Waals surface area contributed by atoms with Crippen LogP contribution in [-0.4, -0.2) is 27.1 Å². The third kappa shape index (κ3) is 3.23. The summed E-state index contributed by atoms with van der Waals surface area (Å²) in [5, 5.41) is 4.41. The SMILES string of the molecule is CCCCCC(=O)N1Cc2ccccc2C(c2cnn(C)c2C)C1. The highest BCUT2D eigenvalue weighted by Gasteiger charge is 2.30. The zero-order chi connectivity index (χ0) is 17.1. The number of amides is 1. The summed E-state index contributed by atoms with van der Waals surface area (Å²) >= 11 is 0. The van der Waals surface area contributed by atoms with Gasteiger partial charge in [0.2, 0.25) is 5.91 Å². The molecule has 0 bridgehead atoms. The van der Waals surface area contributed by atoms with Crippen LogP contribution in [-0.2, 0) is 18.4 Å². The van der Waals surface area contributed by atoms with Crippen molar-refractivity contribution in [2.24, 2.45) is 7.05 Å². The van der Waals surface area contributed by atoms with E-state index in [4.69, 9.17) is 0 Å². The molecule has 24 heavy (non-hydrogen) atoms. The van der Waals surface area contributed by atoms with Crippen molar-refractivity contribution in [2.75, 3.05) is 6.54 Å². The van der Waals surface area contributed by atoms with Crippen molar-refractivity contribution in [2.45, 2.75) is 52.0 Å². The maximum absolute atomic E-state index is 12.7. The molecule has 1 unspecified atom stereocenters. The van der Waals surface area contributed by atoms with Gasteiger partial charge in [-0.1, -0.05) is 44.0 Å². The summed E-state index contributed by atoms with van der Waals surface area (Å²) < 4.78 is 1.92. The molecular formula is C20H27N3O. The van der Waals surface area contributed by atoms with Crippen LogP contribution in [0.4, 0.5) is 0 Å². The molecule has 0 N–H and O–H groups in total. The zero-order valence-electron chi connectivity index (χ0n) is 15.0. The lowest BCUT2D eigenvalue weighted by molar-refractivity contribution is -0.132. The first-order chi connectivity index (χ1) is 11.6. The lowest BCUT2D eigenvalue weighted by Gasteiger charge is -2.35. The Balaban J connectivity index is 1.88. The van der Waals surface area contributed by atoms with E-state index >= 15 is 0 Å². The third-order valence-corrected chi connectivity index (χ3v) is 5.19. The van der Waals surface area contributed by atoms with E-state index in [1.165, 1.54) is 22.4 Å². The molecule has 0 fully saturated rings. The van der Waals surface area contributed by atoms with Gasteiger partial charge < -0.3 is 4.90 Å². The normalized spacial score (nSPS) is 17.0. The van der Waals surface area contributed by atoms with Crippen molar-refractivity contribution in [1.29, 1.82) is 0 Å². The molecule has 2 aromatic rings. The minimum absolute atomic E-state index is 0.221. The molecule has 1 aromatic carbocycles. The molecule has 4 nitrogen and oxygen atoms in total. The second-order valence-electron chi connectivity index (χ2n) is 6.79. The Hall–Kier alpha value is -2.10. The van der Waals surface area contributed by atoms with E-state index in [0.717, 1.165) is 32.4 Å². The summed E-state index contributed by atoms with van der Waals surface area (Å²) in [6.45, 7) is 5.77. The molecule has 0 aliphatic carbocycles. The van der Waals surface area contributed by atoms with E-state index in [0.29, 0.717) is 6.42 Å². The molecule has 0 saturated heterocycles. The van der Waals surface area contributed by atoms with Gasteiger partial charge in [0.25, 0.3) is 0 Å². The Morgan fingerprint density at radius 1 is 1.25 bits per heavy atom. The van der Waals surface area contributed by atoms with Crippen LogP contribution in [0.15, 0.2) is 30.5 Å². The number of carbonyl (C=O) groups is 1. The van der Waals surface area contributed by atoms with Gasteiger partial charge in [-0.2, -0.15) is 5.10 Å². The third-order valence-electron chi connectivity index (χ3n) is 5.19. The van der Waals surface area contributed by atoms with E-state index in [-0.39, 0.29) is 11.8 Å². The molecule has 1 atom stereocenters. The van der Waals surface area contributed by atoms with Crippen LogP contribution in [0.25, 0.3) is 0 Å². The number of carbonyl (C=O) groups excluding carboxylic acids is 1. The number of unbranched alkanes of at least 4 members (excludes halogenated alkanes) is 2. The zero-order valence-corrected chi connectivity index (χ0v) is 15.0. The fourth-order valence-corrected chi connectivity index (χ4v) is 3.61. The number of aromatic nitrogens is 2. The molecule has 3 rings (SSSR count). The molecule has 0 saturated carbocycles. The van der Waals surface area contributed by atoms with Crippen LogP contribution >= 0.6 is 0 Å². The number of nitrogens with zero attached hydrogens (tertiary/aromatic N) is 3.